The van der Waals surface area contributed by atoms with Gasteiger partial charge in [-0.25, -0.2) is 0 Å². The number of carbonyl (C=O) groups is 2. The minimum Gasteiger partial charge on any atom is -0.343 e. The maximum absolute atomic E-state index is 11.8. The molecule has 0 atom stereocenters. The minimum absolute atomic E-state index is 0.0314. The number of anilines is 1. The molecule has 1 rings (SSSR count). The van der Waals surface area contributed by atoms with Crippen molar-refractivity contribution in [2.45, 2.75) is 27.7 Å². The van der Waals surface area contributed by atoms with E-state index in [0.717, 1.165) is 22.4 Å². The third kappa shape index (κ3) is 4.95. The van der Waals surface area contributed by atoms with Crippen LogP contribution in [-0.2, 0) is 9.59 Å². The fourth-order valence-electron chi connectivity index (χ4n) is 1.68. The molecule has 0 spiro atoms. The van der Waals surface area contributed by atoms with Gasteiger partial charge in [0.15, 0.2) is 0 Å². The Bertz CT molecular complexity index is 495. The summed E-state index contributed by atoms with van der Waals surface area (Å²) in [5.74, 6) is -0.482. The highest BCUT2D eigenvalue weighted by atomic mass is 16.2. The van der Waals surface area contributed by atoms with Gasteiger partial charge in [-0.1, -0.05) is 23.8 Å². The third-order valence-electron chi connectivity index (χ3n) is 2.59. The summed E-state index contributed by atoms with van der Waals surface area (Å²) in [4.78, 5) is 23.1. The summed E-state index contributed by atoms with van der Waals surface area (Å²) < 4.78 is 0. The SMILES string of the molecule is CC(C)=CC(=O)NCC(=O)Nc1c(C)cccc1C. The Hall–Kier alpha value is -2.10. The molecule has 4 nitrogen and oxygen atoms in total. The summed E-state index contributed by atoms with van der Waals surface area (Å²) in [6.07, 6.45) is 1.46. The van der Waals surface area contributed by atoms with Crippen LogP contribution in [0.2, 0.25) is 0 Å². The van der Waals surface area contributed by atoms with Crippen LogP contribution in [0.15, 0.2) is 29.8 Å². The molecule has 0 saturated carbocycles. The summed E-state index contributed by atoms with van der Waals surface area (Å²) >= 11 is 0. The molecular weight excluding hydrogens is 240 g/mol. The van der Waals surface area contributed by atoms with Crippen molar-refractivity contribution in [2.24, 2.45) is 0 Å². The van der Waals surface area contributed by atoms with Crippen LogP contribution in [0.25, 0.3) is 0 Å². The molecule has 4 heteroatoms. The standard InChI is InChI=1S/C15H20N2O2/c1-10(2)8-13(18)16-9-14(19)17-15-11(3)6-5-7-12(15)4/h5-8H,9H2,1-4H3,(H,16,18)(H,17,19). The van der Waals surface area contributed by atoms with Crippen LogP contribution in [0, 0.1) is 13.8 Å². The summed E-state index contributed by atoms with van der Waals surface area (Å²) in [7, 11) is 0. The zero-order valence-corrected chi connectivity index (χ0v) is 11.8. The molecule has 0 heterocycles. The van der Waals surface area contributed by atoms with Crippen molar-refractivity contribution in [1.82, 2.24) is 5.32 Å². The molecule has 0 aromatic heterocycles. The van der Waals surface area contributed by atoms with Gasteiger partial charge in [-0.2, -0.15) is 0 Å². The average Bonchev–Trinajstić information content (AvgIpc) is 2.30. The molecule has 1 aromatic carbocycles. The fraction of sp³-hybridized carbons (Fsp3) is 0.333. The lowest BCUT2D eigenvalue weighted by atomic mass is 10.1. The lowest BCUT2D eigenvalue weighted by Gasteiger charge is -2.11. The Morgan fingerprint density at radius 1 is 1.16 bits per heavy atom. The molecule has 0 aliphatic heterocycles. The van der Waals surface area contributed by atoms with Crippen molar-refractivity contribution in [1.29, 1.82) is 0 Å². The number of hydrogen-bond donors (Lipinski definition) is 2. The van der Waals surface area contributed by atoms with E-state index in [1.54, 1.807) is 0 Å². The zero-order chi connectivity index (χ0) is 14.4. The van der Waals surface area contributed by atoms with Crippen LogP contribution in [0.5, 0.6) is 0 Å². The topological polar surface area (TPSA) is 58.2 Å². The number of carbonyl (C=O) groups excluding carboxylic acids is 2. The van der Waals surface area contributed by atoms with Gasteiger partial charge < -0.3 is 10.6 Å². The number of aryl methyl sites for hydroxylation is 2. The maximum Gasteiger partial charge on any atom is 0.244 e. The highest BCUT2D eigenvalue weighted by Crippen LogP contribution is 2.18. The molecule has 0 bridgehead atoms. The second kappa shape index (κ2) is 6.73. The van der Waals surface area contributed by atoms with E-state index in [1.807, 2.05) is 45.9 Å². The lowest BCUT2D eigenvalue weighted by Crippen LogP contribution is -2.32. The number of hydrogen-bond acceptors (Lipinski definition) is 2. The first kappa shape index (κ1) is 15.0. The Kier molecular flexibility index (Phi) is 5.30. The molecule has 1 aromatic rings. The highest BCUT2D eigenvalue weighted by molar-refractivity contribution is 5.97. The van der Waals surface area contributed by atoms with Gasteiger partial charge in [-0.3, -0.25) is 9.59 Å². The summed E-state index contributed by atoms with van der Waals surface area (Å²) in [6.45, 7) is 7.50. The quantitative estimate of drug-likeness (QED) is 0.816. The van der Waals surface area contributed by atoms with Gasteiger partial charge >= 0.3 is 0 Å². The van der Waals surface area contributed by atoms with Gasteiger partial charge in [0.1, 0.15) is 0 Å². The van der Waals surface area contributed by atoms with E-state index >= 15 is 0 Å². The van der Waals surface area contributed by atoms with Crippen molar-refractivity contribution >= 4 is 17.5 Å². The number of allylic oxidation sites excluding steroid dienone is 1. The van der Waals surface area contributed by atoms with Gasteiger partial charge in [0, 0.05) is 11.8 Å². The number of nitrogens with one attached hydrogen (secondary N) is 2. The molecule has 0 unspecified atom stereocenters. The van der Waals surface area contributed by atoms with E-state index in [1.165, 1.54) is 6.08 Å². The minimum atomic E-state index is -0.253. The average molecular weight is 260 g/mol. The normalized spacial score (nSPS) is 9.68. The molecule has 0 saturated heterocycles. The predicted molar refractivity (Wildman–Crippen MR) is 77.0 cm³/mol. The Morgan fingerprint density at radius 3 is 2.26 bits per heavy atom. The Balaban J connectivity index is 2.57. The largest absolute Gasteiger partial charge is 0.343 e. The van der Waals surface area contributed by atoms with Crippen LogP contribution in [0.4, 0.5) is 5.69 Å². The smallest absolute Gasteiger partial charge is 0.244 e. The molecule has 2 amide bonds. The lowest BCUT2D eigenvalue weighted by molar-refractivity contribution is -0.121. The van der Waals surface area contributed by atoms with E-state index in [-0.39, 0.29) is 18.4 Å². The first-order valence-corrected chi connectivity index (χ1v) is 6.19. The van der Waals surface area contributed by atoms with Gasteiger partial charge in [-0.15, -0.1) is 0 Å². The van der Waals surface area contributed by atoms with Crippen molar-refractivity contribution in [3.05, 3.63) is 41.0 Å². The number of amides is 2. The van der Waals surface area contributed by atoms with Gasteiger partial charge in [-0.05, 0) is 38.8 Å². The van der Waals surface area contributed by atoms with E-state index in [0.29, 0.717) is 0 Å². The fourth-order valence-corrected chi connectivity index (χ4v) is 1.68. The number of benzene rings is 1. The predicted octanol–water partition coefficient (Wildman–Crippen LogP) is 2.32. The molecule has 0 fully saturated rings. The van der Waals surface area contributed by atoms with E-state index in [9.17, 15) is 9.59 Å². The van der Waals surface area contributed by atoms with Gasteiger partial charge in [0.25, 0.3) is 0 Å². The Morgan fingerprint density at radius 2 is 1.74 bits per heavy atom. The second-order valence-corrected chi connectivity index (χ2v) is 4.75. The van der Waals surface area contributed by atoms with Crippen molar-refractivity contribution in [2.75, 3.05) is 11.9 Å². The molecule has 102 valence electrons. The van der Waals surface area contributed by atoms with Gasteiger partial charge in [0.05, 0.1) is 6.54 Å². The molecular formula is C15H20N2O2. The first-order valence-electron chi connectivity index (χ1n) is 6.19. The third-order valence-corrected chi connectivity index (χ3v) is 2.59. The summed E-state index contributed by atoms with van der Waals surface area (Å²) in [6, 6.07) is 5.81. The van der Waals surface area contributed by atoms with Crippen LogP contribution in [0.1, 0.15) is 25.0 Å². The van der Waals surface area contributed by atoms with Crippen LogP contribution in [0.3, 0.4) is 0 Å². The molecule has 0 aliphatic carbocycles. The van der Waals surface area contributed by atoms with Crippen LogP contribution < -0.4 is 10.6 Å². The van der Waals surface area contributed by atoms with Crippen molar-refractivity contribution < 1.29 is 9.59 Å². The number of rotatable bonds is 4. The van der Waals surface area contributed by atoms with E-state index in [2.05, 4.69) is 10.6 Å². The monoisotopic (exact) mass is 260 g/mol. The summed E-state index contributed by atoms with van der Waals surface area (Å²) in [5.41, 5.74) is 3.71. The molecule has 0 aliphatic rings. The molecule has 0 radical (unpaired) electrons. The maximum atomic E-state index is 11.8. The van der Waals surface area contributed by atoms with Crippen LogP contribution in [-0.4, -0.2) is 18.4 Å². The van der Waals surface area contributed by atoms with Crippen molar-refractivity contribution in [3.63, 3.8) is 0 Å². The zero-order valence-electron chi connectivity index (χ0n) is 11.8. The van der Waals surface area contributed by atoms with Crippen LogP contribution >= 0.6 is 0 Å². The molecule has 2 N–H and O–H groups in total. The highest BCUT2D eigenvalue weighted by Gasteiger charge is 2.07. The second-order valence-electron chi connectivity index (χ2n) is 4.75. The van der Waals surface area contributed by atoms with Gasteiger partial charge in [0.2, 0.25) is 11.8 Å². The first-order chi connectivity index (χ1) is 8.90. The number of para-hydroxylation sites is 1. The summed E-state index contributed by atoms with van der Waals surface area (Å²) in [5, 5.41) is 5.36. The molecule has 19 heavy (non-hydrogen) atoms. The van der Waals surface area contributed by atoms with E-state index in [4.69, 9.17) is 0 Å². The Labute approximate surface area is 113 Å². The van der Waals surface area contributed by atoms with E-state index < -0.39 is 0 Å². The van der Waals surface area contributed by atoms with Crippen molar-refractivity contribution in [3.8, 4) is 0 Å².